The van der Waals surface area contributed by atoms with Crippen LogP contribution in [-0.4, -0.2) is 43.1 Å². The number of likely N-dealkylation sites (N-methyl/N-ethyl adjacent to an activating group) is 1. The van der Waals surface area contributed by atoms with Crippen LogP contribution in [0.2, 0.25) is 10.0 Å². The molecule has 1 aliphatic rings. The molecule has 0 radical (unpaired) electrons. The first-order valence-electron chi connectivity index (χ1n) is 7.82. The molecule has 1 fully saturated rings. The van der Waals surface area contributed by atoms with Gasteiger partial charge in [0.05, 0.1) is 6.54 Å². The third kappa shape index (κ3) is 4.77. The molecule has 2 rings (SSSR count). The van der Waals surface area contributed by atoms with Crippen molar-refractivity contribution in [1.82, 2.24) is 10.2 Å². The van der Waals surface area contributed by atoms with Crippen molar-refractivity contribution in [2.45, 2.75) is 32.2 Å². The zero-order valence-electron chi connectivity index (χ0n) is 13.0. The number of aliphatic imine (C=N–C) groups is 1. The Morgan fingerprint density at radius 3 is 2.82 bits per heavy atom. The van der Waals surface area contributed by atoms with Crippen molar-refractivity contribution >= 4 is 29.2 Å². The Kier molecular flexibility index (Phi) is 6.80. The molecule has 0 aromatic heterocycles. The Hall–Kier alpha value is -0.970. The second-order valence-electron chi connectivity index (χ2n) is 5.53. The van der Waals surface area contributed by atoms with Crippen LogP contribution >= 0.6 is 23.2 Å². The summed E-state index contributed by atoms with van der Waals surface area (Å²) in [5.41, 5.74) is 6.88. The Balaban J connectivity index is 1.78. The van der Waals surface area contributed by atoms with Gasteiger partial charge in [0, 0.05) is 22.6 Å². The van der Waals surface area contributed by atoms with E-state index < -0.39 is 0 Å². The van der Waals surface area contributed by atoms with E-state index in [4.69, 9.17) is 28.9 Å². The van der Waals surface area contributed by atoms with Gasteiger partial charge in [0.1, 0.15) is 0 Å². The second kappa shape index (κ2) is 8.61. The summed E-state index contributed by atoms with van der Waals surface area (Å²) in [6, 6.07) is 6.07. The van der Waals surface area contributed by atoms with Crippen molar-refractivity contribution in [2.75, 3.05) is 26.2 Å². The number of nitrogens with zero attached hydrogens (tertiary/aromatic N) is 2. The molecule has 0 amide bonds. The van der Waals surface area contributed by atoms with E-state index in [2.05, 4.69) is 22.1 Å². The molecule has 0 saturated carbocycles. The number of guanidine groups is 1. The fraction of sp³-hybridized carbons (Fsp3) is 0.562. The van der Waals surface area contributed by atoms with Crippen LogP contribution in [0.4, 0.5) is 0 Å². The summed E-state index contributed by atoms with van der Waals surface area (Å²) >= 11 is 12.3. The van der Waals surface area contributed by atoms with E-state index in [-0.39, 0.29) is 0 Å². The molecule has 1 saturated heterocycles. The number of rotatable bonds is 6. The lowest BCUT2D eigenvalue weighted by Crippen LogP contribution is -2.36. The standard InChI is InChI=1S/C16H24Cl2N4/c1-2-22-10-4-5-12(22)11-21-16(19)20-9-8-13-14(17)6-3-7-15(13)18/h3,6-7,12H,2,4-5,8-11H2,1H3,(H3,19,20,21). The van der Waals surface area contributed by atoms with E-state index in [0.717, 1.165) is 25.1 Å². The van der Waals surface area contributed by atoms with Gasteiger partial charge < -0.3 is 11.1 Å². The lowest BCUT2D eigenvalue weighted by atomic mass is 10.1. The van der Waals surface area contributed by atoms with Gasteiger partial charge in [-0.2, -0.15) is 0 Å². The first-order valence-corrected chi connectivity index (χ1v) is 8.58. The summed E-state index contributed by atoms with van der Waals surface area (Å²) in [6.45, 7) is 5.88. The molecule has 0 spiro atoms. The van der Waals surface area contributed by atoms with Gasteiger partial charge in [-0.15, -0.1) is 0 Å². The average Bonchev–Trinajstić information content (AvgIpc) is 2.95. The zero-order valence-corrected chi connectivity index (χ0v) is 14.5. The first-order chi connectivity index (χ1) is 10.6. The lowest BCUT2D eigenvalue weighted by molar-refractivity contribution is 0.273. The quantitative estimate of drug-likeness (QED) is 0.617. The van der Waals surface area contributed by atoms with E-state index in [0.29, 0.717) is 28.6 Å². The van der Waals surface area contributed by atoms with Crippen molar-refractivity contribution in [3.63, 3.8) is 0 Å². The Morgan fingerprint density at radius 2 is 2.14 bits per heavy atom. The maximum atomic E-state index is 6.14. The van der Waals surface area contributed by atoms with Crippen LogP contribution in [0.3, 0.4) is 0 Å². The smallest absolute Gasteiger partial charge is 0.188 e. The third-order valence-electron chi connectivity index (χ3n) is 4.12. The average molecular weight is 343 g/mol. The number of likely N-dealkylation sites (tertiary alicyclic amines) is 1. The van der Waals surface area contributed by atoms with Crippen molar-refractivity contribution < 1.29 is 0 Å². The van der Waals surface area contributed by atoms with Crippen LogP contribution < -0.4 is 11.1 Å². The Labute approximate surface area is 142 Å². The summed E-state index contributed by atoms with van der Waals surface area (Å²) in [5, 5.41) is 4.51. The van der Waals surface area contributed by atoms with Gasteiger partial charge in [0.2, 0.25) is 0 Å². The summed E-state index contributed by atoms with van der Waals surface area (Å²) in [6.07, 6.45) is 3.19. The van der Waals surface area contributed by atoms with Crippen LogP contribution in [-0.2, 0) is 6.42 Å². The van der Waals surface area contributed by atoms with Gasteiger partial charge in [0.15, 0.2) is 5.96 Å². The third-order valence-corrected chi connectivity index (χ3v) is 4.83. The highest BCUT2D eigenvalue weighted by atomic mass is 35.5. The van der Waals surface area contributed by atoms with E-state index in [9.17, 15) is 0 Å². The Morgan fingerprint density at radius 1 is 1.41 bits per heavy atom. The second-order valence-corrected chi connectivity index (χ2v) is 6.34. The summed E-state index contributed by atoms with van der Waals surface area (Å²) < 4.78 is 0. The van der Waals surface area contributed by atoms with Crippen LogP contribution in [0.25, 0.3) is 0 Å². The van der Waals surface area contributed by atoms with Gasteiger partial charge in [-0.3, -0.25) is 9.89 Å². The summed E-state index contributed by atoms with van der Waals surface area (Å²) in [4.78, 5) is 6.91. The van der Waals surface area contributed by atoms with E-state index in [1.165, 1.54) is 19.4 Å². The van der Waals surface area contributed by atoms with E-state index >= 15 is 0 Å². The highest BCUT2D eigenvalue weighted by Gasteiger charge is 2.22. The van der Waals surface area contributed by atoms with Gasteiger partial charge in [-0.25, -0.2) is 0 Å². The topological polar surface area (TPSA) is 53.6 Å². The maximum absolute atomic E-state index is 6.14. The predicted molar refractivity (Wildman–Crippen MR) is 94.9 cm³/mol. The molecular formula is C16H24Cl2N4. The van der Waals surface area contributed by atoms with Crippen LogP contribution in [0.5, 0.6) is 0 Å². The van der Waals surface area contributed by atoms with Crippen LogP contribution in [0.15, 0.2) is 23.2 Å². The molecular weight excluding hydrogens is 319 g/mol. The molecule has 1 unspecified atom stereocenters. The molecule has 1 atom stereocenters. The van der Waals surface area contributed by atoms with Gasteiger partial charge in [-0.05, 0) is 50.0 Å². The van der Waals surface area contributed by atoms with Crippen LogP contribution in [0, 0.1) is 0 Å². The van der Waals surface area contributed by atoms with E-state index in [1.54, 1.807) is 0 Å². The number of hydrogen-bond donors (Lipinski definition) is 2. The molecule has 3 N–H and O–H groups in total. The van der Waals surface area contributed by atoms with Gasteiger partial charge >= 0.3 is 0 Å². The molecule has 4 nitrogen and oxygen atoms in total. The molecule has 6 heteroatoms. The normalized spacial score (nSPS) is 19.6. The highest BCUT2D eigenvalue weighted by molar-refractivity contribution is 6.35. The molecule has 1 aliphatic heterocycles. The summed E-state index contributed by atoms with van der Waals surface area (Å²) in [7, 11) is 0. The Bertz CT molecular complexity index is 499. The molecule has 1 heterocycles. The zero-order chi connectivity index (χ0) is 15.9. The number of nitrogens with two attached hydrogens (primary N) is 1. The molecule has 122 valence electrons. The molecule has 0 aliphatic carbocycles. The first kappa shape index (κ1) is 17.4. The largest absolute Gasteiger partial charge is 0.370 e. The minimum Gasteiger partial charge on any atom is -0.370 e. The molecule has 0 bridgehead atoms. The molecule has 1 aromatic rings. The fourth-order valence-corrected chi connectivity index (χ4v) is 3.45. The predicted octanol–water partition coefficient (Wildman–Crippen LogP) is 2.92. The van der Waals surface area contributed by atoms with E-state index in [1.807, 2.05) is 18.2 Å². The maximum Gasteiger partial charge on any atom is 0.188 e. The minimum atomic E-state index is 0.492. The lowest BCUT2D eigenvalue weighted by Gasteiger charge is -2.21. The van der Waals surface area contributed by atoms with Crippen molar-refractivity contribution in [3.05, 3.63) is 33.8 Å². The molecule has 1 aromatic carbocycles. The van der Waals surface area contributed by atoms with Gasteiger partial charge in [0.25, 0.3) is 0 Å². The summed E-state index contributed by atoms with van der Waals surface area (Å²) in [5.74, 6) is 0.492. The number of benzene rings is 1. The highest BCUT2D eigenvalue weighted by Crippen LogP contribution is 2.24. The van der Waals surface area contributed by atoms with Crippen molar-refractivity contribution in [2.24, 2.45) is 10.7 Å². The van der Waals surface area contributed by atoms with Gasteiger partial charge in [-0.1, -0.05) is 36.2 Å². The van der Waals surface area contributed by atoms with Crippen molar-refractivity contribution in [3.8, 4) is 0 Å². The number of hydrogen-bond acceptors (Lipinski definition) is 2. The fourth-order valence-electron chi connectivity index (χ4n) is 2.86. The number of halogens is 2. The number of nitrogens with one attached hydrogen (secondary N) is 1. The SMILES string of the molecule is CCN1CCCC1CN=C(N)NCCc1c(Cl)cccc1Cl. The molecule has 22 heavy (non-hydrogen) atoms. The van der Waals surface area contributed by atoms with Crippen molar-refractivity contribution in [1.29, 1.82) is 0 Å². The van der Waals surface area contributed by atoms with Crippen LogP contribution in [0.1, 0.15) is 25.3 Å². The monoisotopic (exact) mass is 342 g/mol. The minimum absolute atomic E-state index is 0.492.